The van der Waals surface area contributed by atoms with Crippen molar-refractivity contribution in [2.75, 3.05) is 13.2 Å². The van der Waals surface area contributed by atoms with Crippen LogP contribution in [0, 0.1) is 18.3 Å². The number of aryl methyl sites for hydroxylation is 2. The quantitative estimate of drug-likeness (QED) is 0.356. The van der Waals surface area contributed by atoms with E-state index in [-0.39, 0.29) is 24.9 Å². The molecular formula is C27H35N5O4. The molecule has 0 aliphatic carbocycles. The molecule has 0 aliphatic heterocycles. The standard InChI is InChI=1S/C27H35N5O4/c1-5-7-16-31-25-24(26(34)30-27(31)35)32(18-19(3)4)22(29-25)12-13-23(33)28-15-14-20-8-10-21(11-9-20)36-17-6-2/h2,8-11,19H,5,7,12-18H2,1,3-4H3,(H,28,33)(H,30,34,35). The lowest BCUT2D eigenvalue weighted by Crippen LogP contribution is -2.31. The molecule has 2 heterocycles. The zero-order valence-electron chi connectivity index (χ0n) is 21.3. The number of nitrogens with zero attached hydrogens (tertiary/aromatic N) is 3. The van der Waals surface area contributed by atoms with Crippen molar-refractivity contribution in [3.05, 3.63) is 56.5 Å². The fourth-order valence-corrected chi connectivity index (χ4v) is 4.03. The van der Waals surface area contributed by atoms with E-state index in [0.29, 0.717) is 55.2 Å². The number of nitrogens with one attached hydrogen (secondary N) is 2. The number of imidazole rings is 1. The maximum Gasteiger partial charge on any atom is 0.330 e. The Labute approximate surface area is 210 Å². The van der Waals surface area contributed by atoms with Crippen molar-refractivity contribution in [1.29, 1.82) is 0 Å². The van der Waals surface area contributed by atoms with E-state index in [4.69, 9.17) is 11.2 Å². The molecule has 0 spiro atoms. The summed E-state index contributed by atoms with van der Waals surface area (Å²) < 4.78 is 8.76. The predicted molar refractivity (Wildman–Crippen MR) is 140 cm³/mol. The topological polar surface area (TPSA) is 111 Å². The number of carbonyl (C=O) groups excluding carboxylic acids is 1. The van der Waals surface area contributed by atoms with Crippen molar-refractivity contribution in [3.8, 4) is 18.1 Å². The number of hydrogen-bond donors (Lipinski definition) is 2. The van der Waals surface area contributed by atoms with Gasteiger partial charge in [-0.05, 0) is 36.5 Å². The summed E-state index contributed by atoms with van der Waals surface area (Å²) in [5.74, 6) is 3.94. The van der Waals surface area contributed by atoms with Gasteiger partial charge in [-0.1, -0.05) is 45.2 Å². The van der Waals surface area contributed by atoms with Gasteiger partial charge in [-0.2, -0.15) is 0 Å². The predicted octanol–water partition coefficient (Wildman–Crippen LogP) is 2.65. The van der Waals surface area contributed by atoms with Gasteiger partial charge in [0.15, 0.2) is 11.2 Å². The summed E-state index contributed by atoms with van der Waals surface area (Å²) in [6.07, 6.45) is 8.20. The van der Waals surface area contributed by atoms with Crippen LogP contribution in [0.3, 0.4) is 0 Å². The molecule has 3 rings (SSSR count). The third-order valence-electron chi connectivity index (χ3n) is 5.80. The number of aromatic amines is 1. The summed E-state index contributed by atoms with van der Waals surface area (Å²) in [4.78, 5) is 44.8. The molecule has 0 fully saturated rings. The Hall–Kier alpha value is -3.80. The van der Waals surface area contributed by atoms with Crippen molar-refractivity contribution < 1.29 is 9.53 Å². The first-order valence-corrected chi connectivity index (χ1v) is 12.5. The number of carbonyl (C=O) groups is 1. The number of ether oxygens (including phenoxy) is 1. The largest absolute Gasteiger partial charge is 0.481 e. The molecule has 0 atom stereocenters. The number of unbranched alkanes of at least 4 members (excludes halogenated alkanes) is 1. The number of terminal acetylenes is 1. The maximum absolute atomic E-state index is 12.7. The van der Waals surface area contributed by atoms with Crippen LogP contribution < -0.4 is 21.3 Å². The molecular weight excluding hydrogens is 458 g/mol. The Kier molecular flexibility index (Phi) is 9.51. The van der Waals surface area contributed by atoms with Gasteiger partial charge in [-0.15, -0.1) is 6.42 Å². The molecule has 0 radical (unpaired) electrons. The van der Waals surface area contributed by atoms with Gasteiger partial charge in [-0.25, -0.2) is 9.78 Å². The average Bonchev–Trinajstić information content (AvgIpc) is 3.20. The fourth-order valence-electron chi connectivity index (χ4n) is 4.03. The van der Waals surface area contributed by atoms with Crippen LogP contribution >= 0.6 is 0 Å². The molecule has 0 saturated heterocycles. The van der Waals surface area contributed by atoms with E-state index < -0.39 is 11.2 Å². The van der Waals surface area contributed by atoms with E-state index in [1.807, 2.05) is 35.8 Å². The van der Waals surface area contributed by atoms with Gasteiger partial charge in [0.2, 0.25) is 5.91 Å². The van der Waals surface area contributed by atoms with Crippen LogP contribution in [0.1, 0.15) is 51.4 Å². The molecule has 1 amide bonds. The summed E-state index contributed by atoms with van der Waals surface area (Å²) in [6, 6.07) is 7.61. The van der Waals surface area contributed by atoms with E-state index in [2.05, 4.69) is 35.1 Å². The zero-order chi connectivity index (χ0) is 26.1. The monoisotopic (exact) mass is 493 g/mol. The van der Waals surface area contributed by atoms with E-state index in [9.17, 15) is 14.4 Å². The zero-order valence-corrected chi connectivity index (χ0v) is 21.3. The normalized spacial score (nSPS) is 11.1. The highest BCUT2D eigenvalue weighted by Crippen LogP contribution is 2.16. The third kappa shape index (κ3) is 6.87. The second-order valence-corrected chi connectivity index (χ2v) is 9.21. The molecule has 192 valence electrons. The molecule has 36 heavy (non-hydrogen) atoms. The Bertz CT molecular complexity index is 1330. The Balaban J connectivity index is 1.67. The van der Waals surface area contributed by atoms with Crippen molar-refractivity contribution >= 4 is 17.1 Å². The molecule has 0 aliphatic rings. The van der Waals surface area contributed by atoms with Crippen LogP contribution in [0.4, 0.5) is 0 Å². The Morgan fingerprint density at radius 2 is 1.94 bits per heavy atom. The third-order valence-corrected chi connectivity index (χ3v) is 5.80. The fraction of sp³-hybridized carbons (Fsp3) is 0.481. The summed E-state index contributed by atoms with van der Waals surface area (Å²) in [6.45, 7) is 7.93. The minimum atomic E-state index is -0.449. The molecule has 0 bridgehead atoms. The van der Waals surface area contributed by atoms with Crippen LogP contribution in [0.5, 0.6) is 5.75 Å². The van der Waals surface area contributed by atoms with Crippen molar-refractivity contribution in [3.63, 3.8) is 0 Å². The second-order valence-electron chi connectivity index (χ2n) is 9.21. The SMILES string of the molecule is C#CCOc1ccc(CCNC(=O)CCc2nc3c(c(=O)[nH]c(=O)n3CCCC)n2CC(C)C)cc1. The molecule has 2 N–H and O–H groups in total. The van der Waals surface area contributed by atoms with Gasteiger partial charge in [0.25, 0.3) is 5.56 Å². The van der Waals surface area contributed by atoms with Gasteiger partial charge in [0, 0.05) is 32.5 Å². The molecule has 0 saturated carbocycles. The highest BCUT2D eigenvalue weighted by molar-refractivity contribution is 5.76. The summed E-state index contributed by atoms with van der Waals surface area (Å²) in [5, 5.41) is 2.95. The highest BCUT2D eigenvalue weighted by atomic mass is 16.5. The number of rotatable bonds is 13. The van der Waals surface area contributed by atoms with E-state index in [1.165, 1.54) is 4.57 Å². The number of H-pyrrole nitrogens is 1. The first-order chi connectivity index (χ1) is 17.3. The number of hydrogen-bond acceptors (Lipinski definition) is 5. The van der Waals surface area contributed by atoms with Crippen LogP contribution in [-0.4, -0.2) is 38.2 Å². The molecule has 9 nitrogen and oxygen atoms in total. The second kappa shape index (κ2) is 12.8. The van der Waals surface area contributed by atoms with Gasteiger partial charge in [0.05, 0.1) is 0 Å². The first kappa shape index (κ1) is 26.8. The van der Waals surface area contributed by atoms with Crippen LogP contribution in [0.2, 0.25) is 0 Å². The molecule has 3 aromatic rings. The lowest BCUT2D eigenvalue weighted by Gasteiger charge is -2.12. The number of benzene rings is 1. The minimum absolute atomic E-state index is 0.0931. The van der Waals surface area contributed by atoms with Crippen LogP contribution in [-0.2, 0) is 30.7 Å². The number of fused-ring (bicyclic) bond motifs is 1. The first-order valence-electron chi connectivity index (χ1n) is 12.5. The minimum Gasteiger partial charge on any atom is -0.481 e. The van der Waals surface area contributed by atoms with Crippen LogP contribution in [0.15, 0.2) is 33.9 Å². The summed E-state index contributed by atoms with van der Waals surface area (Å²) >= 11 is 0. The molecule has 0 unspecified atom stereocenters. The average molecular weight is 494 g/mol. The van der Waals surface area contributed by atoms with Gasteiger partial charge >= 0.3 is 5.69 Å². The highest BCUT2D eigenvalue weighted by Gasteiger charge is 2.19. The van der Waals surface area contributed by atoms with Gasteiger partial charge < -0.3 is 14.6 Å². The summed E-state index contributed by atoms with van der Waals surface area (Å²) in [5.41, 5.74) is 0.969. The van der Waals surface area contributed by atoms with Crippen LogP contribution in [0.25, 0.3) is 11.2 Å². The van der Waals surface area contributed by atoms with E-state index in [0.717, 1.165) is 18.4 Å². The Morgan fingerprint density at radius 3 is 2.61 bits per heavy atom. The lowest BCUT2D eigenvalue weighted by atomic mass is 10.1. The van der Waals surface area contributed by atoms with E-state index in [1.54, 1.807) is 0 Å². The lowest BCUT2D eigenvalue weighted by molar-refractivity contribution is -0.121. The molecule has 9 heteroatoms. The molecule has 1 aromatic carbocycles. The van der Waals surface area contributed by atoms with Gasteiger partial charge in [0.1, 0.15) is 18.2 Å². The van der Waals surface area contributed by atoms with Crippen molar-refractivity contribution in [2.45, 2.75) is 66.0 Å². The number of amides is 1. The number of aromatic nitrogens is 4. The van der Waals surface area contributed by atoms with Gasteiger partial charge in [-0.3, -0.25) is 19.1 Å². The Morgan fingerprint density at radius 1 is 1.19 bits per heavy atom. The van der Waals surface area contributed by atoms with Crippen molar-refractivity contribution in [1.82, 2.24) is 24.4 Å². The molecule has 2 aromatic heterocycles. The van der Waals surface area contributed by atoms with Crippen molar-refractivity contribution in [2.24, 2.45) is 5.92 Å². The smallest absolute Gasteiger partial charge is 0.330 e. The maximum atomic E-state index is 12.7. The summed E-state index contributed by atoms with van der Waals surface area (Å²) in [7, 11) is 0. The van der Waals surface area contributed by atoms with E-state index >= 15 is 0 Å².